The van der Waals surface area contributed by atoms with Crippen LogP contribution in [-0.2, 0) is 0 Å². The van der Waals surface area contributed by atoms with Crippen LogP contribution in [0.3, 0.4) is 0 Å². The predicted octanol–water partition coefficient (Wildman–Crippen LogP) is 3.48. The molecule has 4 heteroatoms. The summed E-state index contributed by atoms with van der Waals surface area (Å²) in [4.78, 5) is 26.1. The number of carbonyl (C=O) groups is 2. The van der Waals surface area contributed by atoms with Gasteiger partial charge in [0.05, 0.1) is 0 Å². The van der Waals surface area contributed by atoms with E-state index in [1.807, 2.05) is 0 Å². The van der Waals surface area contributed by atoms with Gasteiger partial charge in [-0.2, -0.15) is 0 Å². The van der Waals surface area contributed by atoms with Crippen LogP contribution in [0.5, 0.6) is 0 Å². The van der Waals surface area contributed by atoms with Gasteiger partial charge in [0.15, 0.2) is 0 Å². The van der Waals surface area contributed by atoms with Crippen molar-refractivity contribution in [3.63, 3.8) is 0 Å². The van der Waals surface area contributed by atoms with Gasteiger partial charge >= 0.3 is 0 Å². The molecule has 0 heterocycles. The standard InChI is InChI=1S/C18H28N2O2/c1-4-6-8-12-19-17(21)15-10-9-11-16(14-15)18(22)20(3)13-7-5-2/h9-11,14H,4-8,12-13H2,1-3H3,(H,19,21). The highest BCUT2D eigenvalue weighted by atomic mass is 16.2. The molecule has 0 unspecified atom stereocenters. The van der Waals surface area contributed by atoms with Gasteiger partial charge in [-0.15, -0.1) is 0 Å². The van der Waals surface area contributed by atoms with Gasteiger partial charge in [0.2, 0.25) is 0 Å². The lowest BCUT2D eigenvalue weighted by Crippen LogP contribution is -2.28. The zero-order valence-corrected chi connectivity index (χ0v) is 14.0. The Kier molecular flexibility index (Phi) is 8.26. The molecule has 22 heavy (non-hydrogen) atoms. The Hall–Kier alpha value is -1.84. The lowest BCUT2D eigenvalue weighted by Gasteiger charge is -2.17. The predicted molar refractivity (Wildman–Crippen MR) is 90.2 cm³/mol. The van der Waals surface area contributed by atoms with E-state index in [9.17, 15) is 9.59 Å². The molecule has 4 nitrogen and oxygen atoms in total. The molecule has 0 atom stereocenters. The maximum absolute atomic E-state index is 12.3. The topological polar surface area (TPSA) is 49.4 Å². The van der Waals surface area contributed by atoms with Gasteiger partial charge in [-0.1, -0.05) is 39.2 Å². The smallest absolute Gasteiger partial charge is 0.253 e. The quantitative estimate of drug-likeness (QED) is 0.710. The molecule has 0 spiro atoms. The first-order chi connectivity index (χ1) is 10.6. The Labute approximate surface area is 133 Å². The molecule has 0 aromatic heterocycles. The van der Waals surface area contributed by atoms with Gasteiger partial charge in [-0.05, 0) is 31.0 Å². The van der Waals surface area contributed by atoms with Gasteiger partial charge in [0.25, 0.3) is 11.8 Å². The molecule has 0 aliphatic carbocycles. The van der Waals surface area contributed by atoms with E-state index in [1.165, 1.54) is 0 Å². The highest BCUT2D eigenvalue weighted by Crippen LogP contribution is 2.09. The zero-order valence-electron chi connectivity index (χ0n) is 14.0. The van der Waals surface area contributed by atoms with Crippen LogP contribution in [-0.4, -0.2) is 36.9 Å². The second-order valence-electron chi connectivity index (χ2n) is 5.62. The van der Waals surface area contributed by atoms with E-state index in [1.54, 1.807) is 36.2 Å². The second-order valence-corrected chi connectivity index (χ2v) is 5.62. The first-order valence-corrected chi connectivity index (χ1v) is 8.23. The van der Waals surface area contributed by atoms with Crippen molar-refractivity contribution >= 4 is 11.8 Å². The Balaban J connectivity index is 2.64. The highest BCUT2D eigenvalue weighted by Gasteiger charge is 2.13. The summed E-state index contributed by atoms with van der Waals surface area (Å²) in [5, 5.41) is 2.90. The van der Waals surface area contributed by atoms with Crippen LogP contribution < -0.4 is 5.32 Å². The van der Waals surface area contributed by atoms with E-state index in [2.05, 4.69) is 19.2 Å². The van der Waals surface area contributed by atoms with Crippen LogP contribution in [0.15, 0.2) is 24.3 Å². The maximum Gasteiger partial charge on any atom is 0.253 e. The molecule has 0 bridgehead atoms. The van der Waals surface area contributed by atoms with Crippen LogP contribution in [0.25, 0.3) is 0 Å². The third-order valence-electron chi connectivity index (χ3n) is 3.63. The summed E-state index contributed by atoms with van der Waals surface area (Å²) in [6.45, 7) is 5.65. The number of carbonyl (C=O) groups excluding carboxylic acids is 2. The lowest BCUT2D eigenvalue weighted by molar-refractivity contribution is 0.0793. The van der Waals surface area contributed by atoms with Crippen molar-refractivity contribution in [2.75, 3.05) is 20.1 Å². The number of benzene rings is 1. The molecule has 2 amide bonds. The molecule has 0 fully saturated rings. The van der Waals surface area contributed by atoms with Crippen LogP contribution in [0.2, 0.25) is 0 Å². The van der Waals surface area contributed by atoms with E-state index >= 15 is 0 Å². The normalized spacial score (nSPS) is 10.3. The van der Waals surface area contributed by atoms with Crippen molar-refractivity contribution < 1.29 is 9.59 Å². The van der Waals surface area contributed by atoms with E-state index in [0.717, 1.165) is 38.6 Å². The van der Waals surface area contributed by atoms with Gasteiger partial charge in [-0.25, -0.2) is 0 Å². The van der Waals surface area contributed by atoms with Crippen LogP contribution in [0.4, 0.5) is 0 Å². The largest absolute Gasteiger partial charge is 0.352 e. The van der Waals surface area contributed by atoms with E-state index in [0.29, 0.717) is 17.7 Å². The summed E-state index contributed by atoms with van der Waals surface area (Å²) >= 11 is 0. The minimum Gasteiger partial charge on any atom is -0.352 e. The number of amides is 2. The molecule has 1 rings (SSSR count). The van der Waals surface area contributed by atoms with Crippen molar-refractivity contribution in [1.29, 1.82) is 0 Å². The van der Waals surface area contributed by atoms with Crippen LogP contribution in [0.1, 0.15) is 66.7 Å². The molecular formula is C18H28N2O2. The number of hydrogen-bond donors (Lipinski definition) is 1. The minimum atomic E-state index is -0.109. The minimum absolute atomic E-state index is 0.0333. The summed E-state index contributed by atoms with van der Waals surface area (Å²) in [6.07, 6.45) is 5.27. The Morgan fingerprint density at radius 2 is 1.73 bits per heavy atom. The van der Waals surface area contributed by atoms with Crippen molar-refractivity contribution in [2.45, 2.75) is 46.0 Å². The molecule has 0 aliphatic rings. The SMILES string of the molecule is CCCCCNC(=O)c1cccc(C(=O)N(C)CCCC)c1. The molecule has 1 aromatic carbocycles. The number of hydrogen-bond acceptors (Lipinski definition) is 2. The molecule has 1 aromatic rings. The highest BCUT2D eigenvalue weighted by molar-refractivity contribution is 5.99. The average Bonchev–Trinajstić information content (AvgIpc) is 2.55. The summed E-state index contributed by atoms with van der Waals surface area (Å²) in [7, 11) is 1.80. The summed E-state index contributed by atoms with van der Waals surface area (Å²) in [5.41, 5.74) is 1.12. The number of rotatable bonds is 9. The van der Waals surface area contributed by atoms with Crippen molar-refractivity contribution in [1.82, 2.24) is 10.2 Å². The number of unbranched alkanes of at least 4 members (excludes halogenated alkanes) is 3. The van der Waals surface area contributed by atoms with Crippen LogP contribution in [0, 0.1) is 0 Å². The molecule has 122 valence electrons. The average molecular weight is 304 g/mol. The fraction of sp³-hybridized carbons (Fsp3) is 0.556. The zero-order chi connectivity index (χ0) is 16.4. The van der Waals surface area contributed by atoms with Crippen molar-refractivity contribution in [2.24, 2.45) is 0 Å². The maximum atomic E-state index is 12.3. The molecule has 0 aliphatic heterocycles. The first-order valence-electron chi connectivity index (χ1n) is 8.23. The monoisotopic (exact) mass is 304 g/mol. The number of nitrogens with zero attached hydrogens (tertiary/aromatic N) is 1. The fourth-order valence-electron chi connectivity index (χ4n) is 2.19. The third kappa shape index (κ3) is 5.88. The van der Waals surface area contributed by atoms with Crippen molar-refractivity contribution in [3.05, 3.63) is 35.4 Å². The van der Waals surface area contributed by atoms with Crippen LogP contribution >= 0.6 is 0 Å². The molecule has 0 saturated carbocycles. The summed E-state index contributed by atoms with van der Waals surface area (Å²) in [5.74, 6) is -0.143. The molecular weight excluding hydrogens is 276 g/mol. The van der Waals surface area contributed by atoms with E-state index in [4.69, 9.17) is 0 Å². The molecule has 1 N–H and O–H groups in total. The van der Waals surface area contributed by atoms with Gasteiger partial charge in [-0.3, -0.25) is 9.59 Å². The van der Waals surface area contributed by atoms with Crippen molar-refractivity contribution in [3.8, 4) is 0 Å². The second kappa shape index (κ2) is 9.98. The summed E-state index contributed by atoms with van der Waals surface area (Å²) < 4.78 is 0. The van der Waals surface area contributed by atoms with Gasteiger partial charge in [0, 0.05) is 31.3 Å². The first kappa shape index (κ1) is 18.2. The van der Waals surface area contributed by atoms with E-state index in [-0.39, 0.29) is 11.8 Å². The Morgan fingerprint density at radius 1 is 1.05 bits per heavy atom. The Morgan fingerprint density at radius 3 is 2.41 bits per heavy atom. The van der Waals surface area contributed by atoms with Gasteiger partial charge in [0.1, 0.15) is 0 Å². The molecule has 0 radical (unpaired) electrons. The van der Waals surface area contributed by atoms with Gasteiger partial charge < -0.3 is 10.2 Å². The third-order valence-corrected chi connectivity index (χ3v) is 3.63. The van der Waals surface area contributed by atoms with E-state index < -0.39 is 0 Å². The lowest BCUT2D eigenvalue weighted by atomic mass is 10.1. The molecule has 0 saturated heterocycles. The number of nitrogens with one attached hydrogen (secondary N) is 1. The fourth-order valence-corrected chi connectivity index (χ4v) is 2.19. The Bertz CT molecular complexity index is 486. The summed E-state index contributed by atoms with van der Waals surface area (Å²) in [6, 6.07) is 6.96.